The first-order valence-electron chi connectivity index (χ1n) is 18.5. The number of benzene rings is 6. The molecule has 59 heavy (non-hydrogen) atoms. The summed E-state index contributed by atoms with van der Waals surface area (Å²) < 4.78 is 5.33. The summed E-state index contributed by atoms with van der Waals surface area (Å²) in [5.41, 5.74) is 13.3. The van der Waals surface area contributed by atoms with E-state index in [1.54, 1.807) is 16.9 Å². The van der Waals surface area contributed by atoms with Crippen molar-refractivity contribution >= 4 is 91.6 Å². The van der Waals surface area contributed by atoms with Gasteiger partial charge in [-0.15, -0.1) is 0 Å². The van der Waals surface area contributed by atoms with Gasteiger partial charge in [0.2, 0.25) is 9.74 Å². The number of thioether (sulfide) groups is 2. The van der Waals surface area contributed by atoms with Gasteiger partial charge in [0.05, 0.1) is 31.6 Å². The van der Waals surface area contributed by atoms with E-state index >= 15 is 0 Å². The first-order valence-corrected chi connectivity index (χ1v) is 21.3. The Labute approximate surface area is 364 Å². The van der Waals surface area contributed by atoms with Gasteiger partial charge in [-0.1, -0.05) is 155 Å². The molecule has 6 aromatic rings. The highest BCUT2D eigenvalue weighted by Crippen LogP contribution is 2.52. The molecular weight excluding hydrogens is 843 g/mol. The van der Waals surface area contributed by atoms with Crippen molar-refractivity contribution in [3.8, 4) is 5.75 Å². The Morgan fingerprint density at radius 2 is 1.03 bits per heavy atom. The van der Waals surface area contributed by atoms with Crippen molar-refractivity contribution in [2.75, 3.05) is 16.9 Å². The predicted molar refractivity (Wildman–Crippen MR) is 240 cm³/mol. The summed E-state index contributed by atoms with van der Waals surface area (Å²) >= 11 is 21.7. The quantitative estimate of drug-likeness (QED) is 0.165. The predicted octanol–water partition coefficient (Wildman–Crippen LogP) is 10.1. The lowest BCUT2D eigenvalue weighted by atomic mass is 10.1. The number of hydrogen-bond donors (Lipinski definition) is 2. The van der Waals surface area contributed by atoms with Crippen molar-refractivity contribution in [2.24, 2.45) is 10.2 Å². The lowest BCUT2D eigenvalue weighted by Gasteiger charge is -2.23. The smallest absolute Gasteiger partial charge is 0.270 e. The van der Waals surface area contributed by atoms with Crippen LogP contribution in [0, 0.1) is 0 Å². The second-order valence-corrected chi connectivity index (χ2v) is 17.5. The molecule has 0 fully saturated rings. The summed E-state index contributed by atoms with van der Waals surface area (Å²) in [5, 5.41) is 12.4. The molecule has 9 nitrogen and oxygen atoms in total. The topological polar surface area (TPSA) is 98.6 Å². The van der Waals surface area contributed by atoms with Gasteiger partial charge < -0.3 is 14.5 Å². The van der Waals surface area contributed by atoms with E-state index in [0.29, 0.717) is 28.2 Å². The highest BCUT2D eigenvalue weighted by molar-refractivity contribution is 8.16. The summed E-state index contributed by atoms with van der Waals surface area (Å²) in [6.45, 7) is 0.792. The lowest BCUT2D eigenvalue weighted by Crippen LogP contribution is -2.44. The number of ether oxygens (including phenoxy) is 1. The third kappa shape index (κ3) is 7.00. The van der Waals surface area contributed by atoms with E-state index in [2.05, 4.69) is 21.1 Å². The minimum Gasteiger partial charge on any atom is -0.497 e. The molecular formula is C45H33Cl3N6O3S2. The van der Waals surface area contributed by atoms with Gasteiger partial charge in [-0.05, 0) is 59.7 Å². The van der Waals surface area contributed by atoms with Crippen LogP contribution in [0.4, 0.5) is 11.4 Å². The van der Waals surface area contributed by atoms with Crippen molar-refractivity contribution in [3.63, 3.8) is 0 Å². The Kier molecular flexibility index (Phi) is 10.6. The molecule has 10 rings (SSSR count). The average Bonchev–Trinajstić information content (AvgIpc) is 4.02. The number of hydrogen-bond acceptors (Lipinski definition) is 9. The molecule has 14 heteroatoms. The van der Waals surface area contributed by atoms with E-state index in [9.17, 15) is 9.59 Å². The van der Waals surface area contributed by atoms with Crippen LogP contribution in [-0.4, -0.2) is 29.0 Å². The Balaban J connectivity index is 0.000000152. The van der Waals surface area contributed by atoms with E-state index in [4.69, 9.17) is 39.5 Å². The summed E-state index contributed by atoms with van der Waals surface area (Å²) in [7, 11) is 1.63. The number of rotatable bonds is 7. The van der Waals surface area contributed by atoms with Gasteiger partial charge in [-0.25, -0.2) is 0 Å². The van der Waals surface area contributed by atoms with Crippen molar-refractivity contribution < 1.29 is 14.3 Å². The molecule has 4 aliphatic heterocycles. The molecule has 2 spiro atoms. The Hall–Kier alpha value is -5.43. The zero-order valence-electron chi connectivity index (χ0n) is 31.2. The van der Waals surface area contributed by atoms with Crippen LogP contribution in [0.15, 0.2) is 156 Å². The molecule has 0 aromatic heterocycles. The first kappa shape index (κ1) is 39.1. The molecule has 0 saturated heterocycles. The summed E-state index contributed by atoms with van der Waals surface area (Å²) in [6.07, 6.45) is 0. The van der Waals surface area contributed by atoms with Crippen molar-refractivity contribution in [1.29, 1.82) is 0 Å². The number of nitrogens with zero attached hydrogens (tertiary/aromatic N) is 4. The molecule has 2 N–H and O–H groups in total. The number of carbonyl (C=O) groups is 2. The number of hydrazone groups is 2. The van der Waals surface area contributed by atoms with Gasteiger partial charge in [0.25, 0.3) is 11.8 Å². The zero-order valence-corrected chi connectivity index (χ0v) is 35.1. The number of anilines is 2. The fourth-order valence-electron chi connectivity index (χ4n) is 7.43. The number of nitrogens with one attached hydrogen (secondary N) is 2. The largest absolute Gasteiger partial charge is 0.497 e. The standard InChI is InChI=1S/C23H18ClN3O2S.C22H15Cl2N3OS/c1-29-17-9-6-8-15(13-17)21-25-26-23(30-21)18-10-3-5-12-20(18)27(22(23)28)14-16-7-2-4-11-19(16)24;23-16-8-5-7-14(12-16)20-25-26-22(29-20)17-9-2-4-11-19(17)27(21(22)28)13-15-6-1-3-10-18(15)24/h2-13,26H,14H2,1H3;1-12,26H,13H2. The maximum Gasteiger partial charge on any atom is 0.270 e. The van der Waals surface area contributed by atoms with Crippen LogP contribution in [0.1, 0.15) is 33.4 Å². The monoisotopic (exact) mass is 874 g/mol. The number of methoxy groups -OCH3 is 1. The maximum absolute atomic E-state index is 13.7. The van der Waals surface area contributed by atoms with Crippen LogP contribution < -0.4 is 25.4 Å². The molecule has 0 saturated carbocycles. The minimum absolute atomic E-state index is 0.0599. The first-order chi connectivity index (χ1) is 28.7. The van der Waals surface area contributed by atoms with E-state index in [1.807, 2.05) is 146 Å². The summed E-state index contributed by atoms with van der Waals surface area (Å²) in [4.78, 5) is 28.9. The average molecular weight is 876 g/mol. The number of amides is 2. The molecule has 4 heterocycles. The molecule has 2 atom stereocenters. The molecule has 0 bridgehead atoms. The van der Waals surface area contributed by atoms with Crippen LogP contribution in [0.5, 0.6) is 5.75 Å². The Morgan fingerprint density at radius 3 is 1.53 bits per heavy atom. The number of fused-ring (bicyclic) bond motifs is 4. The van der Waals surface area contributed by atoms with Gasteiger partial charge in [0.1, 0.15) is 15.8 Å². The molecule has 2 unspecified atom stereocenters. The van der Waals surface area contributed by atoms with Gasteiger partial charge in [-0.2, -0.15) is 10.2 Å². The van der Waals surface area contributed by atoms with Crippen LogP contribution in [0.3, 0.4) is 0 Å². The fraction of sp³-hybridized carbons (Fsp3) is 0.111. The Bertz CT molecular complexity index is 2720. The second kappa shape index (κ2) is 16.0. The van der Waals surface area contributed by atoms with E-state index in [0.717, 1.165) is 60.6 Å². The number of para-hydroxylation sites is 2. The molecule has 4 aliphatic rings. The van der Waals surface area contributed by atoms with Gasteiger partial charge in [-0.3, -0.25) is 20.4 Å². The third-order valence-electron chi connectivity index (χ3n) is 10.3. The minimum atomic E-state index is -0.991. The van der Waals surface area contributed by atoms with Crippen LogP contribution >= 0.6 is 58.3 Å². The Morgan fingerprint density at radius 1 is 0.576 bits per heavy atom. The highest BCUT2D eigenvalue weighted by Gasteiger charge is 2.56. The molecule has 2 amide bonds. The van der Waals surface area contributed by atoms with Gasteiger partial charge >= 0.3 is 0 Å². The van der Waals surface area contributed by atoms with Gasteiger partial charge in [0, 0.05) is 37.3 Å². The van der Waals surface area contributed by atoms with Crippen molar-refractivity contribution in [3.05, 3.63) is 194 Å². The second-order valence-electron chi connectivity index (χ2n) is 13.9. The summed E-state index contributed by atoms with van der Waals surface area (Å²) in [6, 6.07) is 45.9. The third-order valence-corrected chi connectivity index (χ3v) is 13.9. The van der Waals surface area contributed by atoms with Crippen LogP contribution in [0.25, 0.3) is 0 Å². The SMILES string of the molecule is COc1cccc(C2=NNC3(S2)C(=O)N(Cc2ccccc2Cl)c2ccccc23)c1.O=C1N(Cc2ccccc2Cl)c2ccccc2C12NN=C(c1cccc(Cl)c1)S2. The van der Waals surface area contributed by atoms with E-state index in [-0.39, 0.29) is 11.8 Å². The highest BCUT2D eigenvalue weighted by atomic mass is 35.5. The normalized spacial score (nSPS) is 19.8. The van der Waals surface area contributed by atoms with Crippen LogP contribution in [-0.2, 0) is 32.4 Å². The van der Waals surface area contributed by atoms with E-state index < -0.39 is 9.74 Å². The molecule has 0 aliphatic carbocycles. The van der Waals surface area contributed by atoms with Gasteiger partial charge in [0.15, 0.2) is 0 Å². The summed E-state index contributed by atoms with van der Waals surface area (Å²) in [5.74, 6) is 0.620. The molecule has 0 radical (unpaired) electrons. The zero-order chi connectivity index (χ0) is 40.7. The molecule has 294 valence electrons. The number of halogens is 3. The number of carbonyl (C=O) groups excluding carboxylic acids is 2. The van der Waals surface area contributed by atoms with Crippen molar-refractivity contribution in [2.45, 2.75) is 22.8 Å². The maximum atomic E-state index is 13.7. The fourth-order valence-corrected chi connectivity index (χ4v) is 10.4. The molecule has 6 aromatic carbocycles. The lowest BCUT2D eigenvalue weighted by molar-refractivity contribution is -0.121. The van der Waals surface area contributed by atoms with Crippen LogP contribution in [0.2, 0.25) is 15.1 Å². The van der Waals surface area contributed by atoms with Crippen molar-refractivity contribution in [1.82, 2.24) is 10.9 Å². The van der Waals surface area contributed by atoms with E-state index in [1.165, 1.54) is 23.5 Å².